The van der Waals surface area contributed by atoms with E-state index in [0.717, 1.165) is 16.7 Å². The van der Waals surface area contributed by atoms with Gasteiger partial charge in [-0.25, -0.2) is 14.4 Å². The van der Waals surface area contributed by atoms with Crippen molar-refractivity contribution in [1.82, 2.24) is 5.32 Å². The van der Waals surface area contributed by atoms with Crippen LogP contribution in [0.3, 0.4) is 0 Å². The third-order valence-electron chi connectivity index (χ3n) is 5.94. The van der Waals surface area contributed by atoms with Gasteiger partial charge in [-0.3, -0.25) is 0 Å². The SMILES string of the molecule is Cc1cc(OC(=O)C(Cc2ccccc2)NC(=O)OCc2ccccc2)c2c(C)c(C)c(=O)oc2c1. The maximum absolute atomic E-state index is 13.4. The molecule has 0 aliphatic carbocycles. The molecule has 7 nitrogen and oxygen atoms in total. The quantitative estimate of drug-likeness (QED) is 0.221. The molecule has 4 aromatic rings. The number of ether oxygens (including phenoxy) is 2. The third kappa shape index (κ3) is 5.81. The van der Waals surface area contributed by atoms with Gasteiger partial charge in [-0.1, -0.05) is 60.7 Å². The number of nitrogens with one attached hydrogen (secondary N) is 1. The Kier molecular flexibility index (Phi) is 7.49. The topological polar surface area (TPSA) is 94.8 Å². The summed E-state index contributed by atoms with van der Waals surface area (Å²) in [5, 5.41) is 3.18. The Balaban J connectivity index is 1.59. The highest BCUT2D eigenvalue weighted by Gasteiger charge is 2.26. The maximum Gasteiger partial charge on any atom is 0.408 e. The molecule has 4 rings (SSSR count). The van der Waals surface area contributed by atoms with Crippen LogP contribution in [0.15, 0.2) is 82.0 Å². The lowest BCUT2D eigenvalue weighted by Gasteiger charge is -2.19. The summed E-state index contributed by atoms with van der Waals surface area (Å²) in [4.78, 5) is 38.1. The standard InChI is InChI=1S/C29H27NO6/c1-18-14-24-26(19(2)20(3)27(31)35-24)25(15-18)36-28(32)23(16-21-10-6-4-7-11-21)30-29(33)34-17-22-12-8-5-9-13-22/h4-15,23H,16-17H2,1-3H3,(H,30,33). The van der Waals surface area contributed by atoms with E-state index in [1.165, 1.54) is 0 Å². The average Bonchev–Trinajstić information content (AvgIpc) is 2.86. The van der Waals surface area contributed by atoms with E-state index in [2.05, 4.69) is 5.32 Å². The second-order valence-corrected chi connectivity index (χ2v) is 8.65. The van der Waals surface area contributed by atoms with Gasteiger partial charge >= 0.3 is 17.7 Å². The number of alkyl carbamates (subject to hydrolysis) is 1. The second-order valence-electron chi connectivity index (χ2n) is 8.65. The second kappa shape index (κ2) is 10.9. The van der Waals surface area contributed by atoms with Crippen molar-refractivity contribution in [2.45, 2.75) is 39.8 Å². The molecule has 0 saturated heterocycles. The molecule has 0 saturated carbocycles. The van der Waals surface area contributed by atoms with Crippen molar-refractivity contribution in [2.24, 2.45) is 0 Å². The van der Waals surface area contributed by atoms with Crippen LogP contribution in [-0.2, 0) is 22.6 Å². The predicted molar refractivity (Wildman–Crippen MR) is 136 cm³/mol. The van der Waals surface area contributed by atoms with Gasteiger partial charge < -0.3 is 19.2 Å². The largest absolute Gasteiger partial charge is 0.445 e. The number of benzene rings is 3. The Morgan fingerprint density at radius 2 is 1.53 bits per heavy atom. The molecule has 1 N–H and O–H groups in total. The summed E-state index contributed by atoms with van der Waals surface area (Å²) in [5.74, 6) is -0.400. The first-order valence-corrected chi connectivity index (χ1v) is 11.6. The number of carbonyl (C=O) groups is 2. The molecule has 1 unspecified atom stereocenters. The summed E-state index contributed by atoms with van der Waals surface area (Å²) in [6, 6.07) is 21.0. The number of amides is 1. The van der Waals surface area contributed by atoms with Crippen molar-refractivity contribution >= 4 is 23.0 Å². The molecule has 0 aliphatic rings. The highest BCUT2D eigenvalue weighted by molar-refractivity contribution is 5.92. The number of aryl methyl sites for hydroxylation is 2. The van der Waals surface area contributed by atoms with Crippen LogP contribution >= 0.6 is 0 Å². The number of hydrogen-bond acceptors (Lipinski definition) is 6. The lowest BCUT2D eigenvalue weighted by Crippen LogP contribution is -2.44. The fraction of sp³-hybridized carbons (Fsp3) is 0.207. The molecule has 36 heavy (non-hydrogen) atoms. The molecule has 1 amide bonds. The van der Waals surface area contributed by atoms with E-state index in [9.17, 15) is 14.4 Å². The van der Waals surface area contributed by atoms with Gasteiger partial charge in [0.2, 0.25) is 0 Å². The van der Waals surface area contributed by atoms with Crippen LogP contribution in [0.4, 0.5) is 4.79 Å². The first kappa shape index (κ1) is 24.7. The molecule has 184 valence electrons. The van der Waals surface area contributed by atoms with E-state index < -0.39 is 23.7 Å². The number of fused-ring (bicyclic) bond motifs is 1. The van der Waals surface area contributed by atoms with Gasteiger partial charge in [0, 0.05) is 12.0 Å². The predicted octanol–water partition coefficient (Wildman–Crippen LogP) is 5.16. The Hall–Kier alpha value is -4.39. The molecule has 0 aliphatic heterocycles. The molecule has 0 spiro atoms. The lowest BCUT2D eigenvalue weighted by molar-refractivity contribution is -0.136. The molecule has 0 bridgehead atoms. The third-order valence-corrected chi connectivity index (χ3v) is 5.94. The smallest absolute Gasteiger partial charge is 0.408 e. The number of rotatable bonds is 7. The zero-order valence-corrected chi connectivity index (χ0v) is 20.4. The first-order chi connectivity index (χ1) is 17.3. The fourth-order valence-corrected chi connectivity index (χ4v) is 3.90. The summed E-state index contributed by atoms with van der Waals surface area (Å²) in [6.45, 7) is 5.32. The van der Waals surface area contributed by atoms with Crippen LogP contribution in [0, 0.1) is 20.8 Å². The van der Waals surface area contributed by atoms with Crippen LogP contribution in [0.5, 0.6) is 5.75 Å². The van der Waals surface area contributed by atoms with Crippen molar-refractivity contribution in [2.75, 3.05) is 0 Å². The lowest BCUT2D eigenvalue weighted by atomic mass is 10.0. The first-order valence-electron chi connectivity index (χ1n) is 11.6. The molecule has 7 heteroatoms. The maximum atomic E-state index is 13.4. The van der Waals surface area contributed by atoms with Crippen molar-refractivity contribution in [3.63, 3.8) is 0 Å². The monoisotopic (exact) mass is 485 g/mol. The molecular formula is C29H27NO6. The van der Waals surface area contributed by atoms with E-state index >= 15 is 0 Å². The zero-order chi connectivity index (χ0) is 25.7. The van der Waals surface area contributed by atoms with Gasteiger partial charge in [0.1, 0.15) is 24.0 Å². The Labute approximate surface area is 208 Å². The minimum absolute atomic E-state index is 0.0692. The van der Waals surface area contributed by atoms with E-state index in [-0.39, 0.29) is 18.8 Å². The van der Waals surface area contributed by atoms with Gasteiger partial charge in [0.15, 0.2) is 0 Å². The minimum atomic E-state index is -1.01. The summed E-state index contributed by atoms with van der Waals surface area (Å²) >= 11 is 0. The van der Waals surface area contributed by atoms with Crippen LogP contribution in [0.1, 0.15) is 27.8 Å². The average molecular weight is 486 g/mol. The number of hydrogen-bond donors (Lipinski definition) is 1. The van der Waals surface area contributed by atoms with Gasteiger partial charge in [-0.15, -0.1) is 0 Å². The van der Waals surface area contributed by atoms with E-state index in [1.807, 2.05) is 67.6 Å². The molecular weight excluding hydrogens is 458 g/mol. The Morgan fingerprint density at radius 3 is 2.19 bits per heavy atom. The van der Waals surface area contributed by atoms with E-state index in [0.29, 0.717) is 22.1 Å². The summed E-state index contributed by atoms with van der Waals surface area (Å²) < 4.78 is 16.6. The fourth-order valence-electron chi connectivity index (χ4n) is 3.90. The van der Waals surface area contributed by atoms with Crippen molar-refractivity contribution in [1.29, 1.82) is 0 Å². The Morgan fingerprint density at radius 1 is 0.889 bits per heavy atom. The van der Waals surface area contributed by atoms with E-state index in [4.69, 9.17) is 13.9 Å². The zero-order valence-electron chi connectivity index (χ0n) is 20.4. The number of esters is 1. The highest BCUT2D eigenvalue weighted by Crippen LogP contribution is 2.31. The van der Waals surface area contributed by atoms with Crippen LogP contribution < -0.4 is 15.7 Å². The molecule has 0 radical (unpaired) electrons. The summed E-state index contributed by atoms with van der Waals surface area (Å²) in [5.41, 5.74) is 3.43. The molecule has 1 atom stereocenters. The minimum Gasteiger partial charge on any atom is -0.445 e. The summed E-state index contributed by atoms with van der Waals surface area (Å²) in [6.07, 6.45) is -0.527. The van der Waals surface area contributed by atoms with Crippen LogP contribution in [-0.4, -0.2) is 18.1 Å². The van der Waals surface area contributed by atoms with Crippen molar-refractivity contribution in [3.05, 3.63) is 111 Å². The highest BCUT2D eigenvalue weighted by atomic mass is 16.6. The van der Waals surface area contributed by atoms with Crippen LogP contribution in [0.2, 0.25) is 0 Å². The summed E-state index contributed by atoms with van der Waals surface area (Å²) in [7, 11) is 0. The van der Waals surface area contributed by atoms with Gasteiger partial charge in [-0.05, 0) is 55.2 Å². The van der Waals surface area contributed by atoms with Crippen LogP contribution in [0.25, 0.3) is 11.0 Å². The molecule has 1 heterocycles. The van der Waals surface area contributed by atoms with E-state index in [1.54, 1.807) is 26.0 Å². The molecule has 0 fully saturated rings. The van der Waals surface area contributed by atoms with Crippen molar-refractivity contribution < 1.29 is 23.5 Å². The van der Waals surface area contributed by atoms with Gasteiger partial charge in [0.25, 0.3) is 0 Å². The van der Waals surface area contributed by atoms with Gasteiger partial charge in [-0.2, -0.15) is 0 Å². The molecule has 3 aromatic carbocycles. The number of carbonyl (C=O) groups excluding carboxylic acids is 2. The van der Waals surface area contributed by atoms with Gasteiger partial charge in [0.05, 0.1) is 5.39 Å². The Bertz CT molecular complexity index is 1440. The normalized spacial score (nSPS) is 11.6. The molecule has 1 aromatic heterocycles. The van der Waals surface area contributed by atoms with Crippen molar-refractivity contribution in [3.8, 4) is 5.75 Å².